The van der Waals surface area contributed by atoms with Gasteiger partial charge in [-0.15, -0.1) is 10.2 Å². The normalized spacial score (nSPS) is 13.2. The van der Waals surface area contributed by atoms with Gasteiger partial charge in [-0.3, -0.25) is 9.79 Å². The molecule has 0 aliphatic carbocycles. The first-order valence-electron chi connectivity index (χ1n) is 8.77. The van der Waals surface area contributed by atoms with Gasteiger partial charge in [-0.2, -0.15) is 0 Å². The monoisotopic (exact) mass is 431 g/mol. The van der Waals surface area contributed by atoms with Gasteiger partial charge in [0, 0.05) is 23.7 Å². The first-order chi connectivity index (χ1) is 14.4. The predicted molar refractivity (Wildman–Crippen MR) is 108 cm³/mol. The molecule has 1 aliphatic heterocycles. The van der Waals surface area contributed by atoms with Crippen LogP contribution in [0.1, 0.15) is 11.1 Å². The average molecular weight is 431 g/mol. The summed E-state index contributed by atoms with van der Waals surface area (Å²) in [4.78, 5) is 15.9. The third-order valence-electron chi connectivity index (χ3n) is 4.32. The van der Waals surface area contributed by atoms with Gasteiger partial charge in [0.15, 0.2) is 22.7 Å². The predicted octanol–water partition coefficient (Wildman–Crippen LogP) is 2.45. The SMILES string of the molecule is O=C(Nc1cc(F)c(F)c(-c2nnc(Nc3ccc4c(c3)C=NC4)s2)c1)C(O)CO. The minimum atomic E-state index is -1.68. The Balaban J connectivity index is 1.58. The van der Waals surface area contributed by atoms with E-state index in [9.17, 15) is 18.7 Å². The fourth-order valence-corrected chi connectivity index (χ4v) is 3.58. The summed E-state index contributed by atoms with van der Waals surface area (Å²) in [6.45, 7) is -0.159. The number of amides is 1. The molecular weight excluding hydrogens is 416 g/mol. The van der Waals surface area contributed by atoms with Crippen LogP contribution in [-0.2, 0) is 11.3 Å². The third kappa shape index (κ3) is 4.03. The molecule has 0 spiro atoms. The van der Waals surface area contributed by atoms with Crippen molar-refractivity contribution in [3.05, 3.63) is 53.1 Å². The van der Waals surface area contributed by atoms with Crippen molar-refractivity contribution in [2.24, 2.45) is 4.99 Å². The number of halogens is 2. The van der Waals surface area contributed by atoms with Crippen molar-refractivity contribution < 1.29 is 23.8 Å². The average Bonchev–Trinajstić information content (AvgIpc) is 3.39. The second-order valence-corrected chi connectivity index (χ2v) is 7.41. The maximum atomic E-state index is 14.3. The first kappa shape index (κ1) is 20.0. The molecule has 1 amide bonds. The lowest BCUT2D eigenvalue weighted by atomic mass is 10.1. The molecular formula is C19H15F2N5O3S. The number of aliphatic imine (C=N–C) groups is 1. The number of carbonyl (C=O) groups is 1. The largest absolute Gasteiger partial charge is 0.393 e. The van der Waals surface area contributed by atoms with Gasteiger partial charge in [-0.1, -0.05) is 17.4 Å². The van der Waals surface area contributed by atoms with Crippen LogP contribution in [0, 0.1) is 11.6 Å². The zero-order valence-electron chi connectivity index (χ0n) is 15.3. The lowest BCUT2D eigenvalue weighted by molar-refractivity contribution is -0.125. The van der Waals surface area contributed by atoms with Crippen LogP contribution < -0.4 is 10.6 Å². The molecule has 4 rings (SSSR count). The van der Waals surface area contributed by atoms with E-state index in [2.05, 4.69) is 25.8 Å². The van der Waals surface area contributed by atoms with Crippen LogP contribution in [0.3, 0.4) is 0 Å². The van der Waals surface area contributed by atoms with Crippen molar-refractivity contribution in [2.45, 2.75) is 12.6 Å². The second-order valence-electron chi connectivity index (χ2n) is 6.43. The number of hydrogen-bond donors (Lipinski definition) is 4. The van der Waals surface area contributed by atoms with E-state index in [0.717, 1.165) is 34.2 Å². The minimum Gasteiger partial charge on any atom is -0.393 e. The Bertz CT molecular complexity index is 1150. The van der Waals surface area contributed by atoms with E-state index < -0.39 is 30.3 Å². The smallest absolute Gasteiger partial charge is 0.255 e. The fraction of sp³-hybridized carbons (Fsp3) is 0.158. The molecule has 1 unspecified atom stereocenters. The van der Waals surface area contributed by atoms with Gasteiger partial charge < -0.3 is 20.8 Å². The Labute approximate surface area is 172 Å². The molecule has 0 radical (unpaired) electrons. The first-order valence-corrected chi connectivity index (χ1v) is 9.58. The molecule has 3 aromatic rings. The summed E-state index contributed by atoms with van der Waals surface area (Å²) in [7, 11) is 0. The maximum Gasteiger partial charge on any atom is 0.255 e. The number of benzene rings is 2. The van der Waals surface area contributed by atoms with Crippen molar-refractivity contribution >= 4 is 40.0 Å². The lowest BCUT2D eigenvalue weighted by Gasteiger charge is -2.10. The van der Waals surface area contributed by atoms with Crippen LogP contribution in [-0.4, -0.2) is 45.2 Å². The topological polar surface area (TPSA) is 120 Å². The van der Waals surface area contributed by atoms with Crippen LogP contribution >= 0.6 is 11.3 Å². The van der Waals surface area contributed by atoms with E-state index in [1.165, 1.54) is 6.07 Å². The van der Waals surface area contributed by atoms with E-state index in [1.807, 2.05) is 18.2 Å². The van der Waals surface area contributed by atoms with E-state index in [0.29, 0.717) is 11.7 Å². The van der Waals surface area contributed by atoms with Crippen LogP contribution in [0.4, 0.5) is 25.3 Å². The highest BCUT2D eigenvalue weighted by Gasteiger charge is 2.20. The molecule has 1 aliphatic rings. The molecule has 11 heteroatoms. The molecule has 4 N–H and O–H groups in total. The van der Waals surface area contributed by atoms with Crippen LogP contribution in [0.2, 0.25) is 0 Å². The maximum absolute atomic E-state index is 14.3. The molecule has 0 fully saturated rings. The van der Waals surface area contributed by atoms with E-state index in [-0.39, 0.29) is 16.3 Å². The number of hydrogen-bond acceptors (Lipinski definition) is 8. The van der Waals surface area contributed by atoms with Gasteiger partial charge in [0.05, 0.1) is 18.7 Å². The van der Waals surface area contributed by atoms with Crippen molar-refractivity contribution in [1.82, 2.24) is 10.2 Å². The highest BCUT2D eigenvalue weighted by Crippen LogP contribution is 2.33. The van der Waals surface area contributed by atoms with Crippen LogP contribution in [0.25, 0.3) is 10.6 Å². The fourth-order valence-electron chi connectivity index (χ4n) is 2.81. The number of aliphatic hydroxyl groups is 2. The molecule has 1 atom stereocenters. The number of fused-ring (bicyclic) bond motifs is 1. The number of nitrogens with zero attached hydrogens (tertiary/aromatic N) is 3. The summed E-state index contributed by atoms with van der Waals surface area (Å²) in [5, 5.41) is 31.7. The van der Waals surface area contributed by atoms with Crippen molar-refractivity contribution in [3.63, 3.8) is 0 Å². The number of rotatable bonds is 6. The van der Waals surface area contributed by atoms with Gasteiger partial charge >= 0.3 is 0 Å². The molecule has 30 heavy (non-hydrogen) atoms. The Morgan fingerprint density at radius 2 is 2.03 bits per heavy atom. The van der Waals surface area contributed by atoms with Crippen molar-refractivity contribution in [1.29, 1.82) is 0 Å². The highest BCUT2D eigenvalue weighted by molar-refractivity contribution is 7.18. The van der Waals surface area contributed by atoms with Crippen LogP contribution in [0.5, 0.6) is 0 Å². The van der Waals surface area contributed by atoms with Crippen molar-refractivity contribution in [3.8, 4) is 10.6 Å². The number of nitrogens with one attached hydrogen (secondary N) is 2. The summed E-state index contributed by atoms with van der Waals surface area (Å²) in [5.74, 6) is -3.30. The molecule has 0 saturated heterocycles. The Morgan fingerprint density at radius 1 is 1.20 bits per heavy atom. The standard InChI is InChI=1S/C19H15F2N5O3S/c20-14-5-12(23-17(29)15(28)8-27)4-13(16(14)21)18-25-26-19(30-18)24-11-2-1-9-6-22-7-10(9)3-11/h1-5,7,15,27-28H,6,8H2,(H,23,29)(H,24,26). The lowest BCUT2D eigenvalue weighted by Crippen LogP contribution is -2.30. The summed E-state index contributed by atoms with van der Waals surface area (Å²) in [6, 6.07) is 7.64. The summed E-state index contributed by atoms with van der Waals surface area (Å²) in [6.07, 6.45) is 0.0915. The summed E-state index contributed by atoms with van der Waals surface area (Å²) < 4.78 is 28.4. The molecule has 8 nitrogen and oxygen atoms in total. The molecule has 1 aromatic heterocycles. The third-order valence-corrected chi connectivity index (χ3v) is 5.19. The van der Waals surface area contributed by atoms with Gasteiger partial charge in [-0.25, -0.2) is 8.78 Å². The second kappa shape index (κ2) is 8.22. The zero-order valence-corrected chi connectivity index (χ0v) is 16.1. The quantitative estimate of drug-likeness (QED) is 0.476. The summed E-state index contributed by atoms with van der Waals surface area (Å²) >= 11 is 1.000. The molecule has 154 valence electrons. The Hall–Kier alpha value is -3.28. The van der Waals surface area contributed by atoms with Gasteiger partial charge in [0.25, 0.3) is 5.91 Å². The Morgan fingerprint density at radius 3 is 2.83 bits per heavy atom. The summed E-state index contributed by atoms with van der Waals surface area (Å²) in [5.41, 5.74) is 2.56. The zero-order chi connectivity index (χ0) is 21.3. The Kier molecular flexibility index (Phi) is 5.48. The van der Waals surface area contributed by atoms with E-state index >= 15 is 0 Å². The van der Waals surface area contributed by atoms with Gasteiger partial charge in [-0.05, 0) is 29.3 Å². The minimum absolute atomic E-state index is 0.0930. The molecule has 2 heterocycles. The molecule has 0 saturated carbocycles. The van der Waals surface area contributed by atoms with Gasteiger partial charge in [0.1, 0.15) is 0 Å². The van der Waals surface area contributed by atoms with E-state index in [1.54, 1.807) is 6.21 Å². The van der Waals surface area contributed by atoms with Crippen molar-refractivity contribution in [2.75, 3.05) is 17.2 Å². The number of carbonyl (C=O) groups excluding carboxylic acids is 1. The number of aliphatic hydroxyl groups excluding tert-OH is 2. The highest BCUT2D eigenvalue weighted by atomic mass is 32.1. The van der Waals surface area contributed by atoms with Gasteiger partial charge in [0.2, 0.25) is 5.13 Å². The number of anilines is 3. The number of aromatic nitrogens is 2. The molecule has 0 bridgehead atoms. The van der Waals surface area contributed by atoms with E-state index in [4.69, 9.17) is 5.11 Å². The van der Waals surface area contributed by atoms with Crippen LogP contribution in [0.15, 0.2) is 35.3 Å². The molecule has 2 aromatic carbocycles.